The van der Waals surface area contributed by atoms with Crippen molar-refractivity contribution in [3.05, 3.63) is 46.7 Å². The van der Waals surface area contributed by atoms with E-state index in [9.17, 15) is 4.79 Å². The number of hydrogen-bond acceptors (Lipinski definition) is 6. The van der Waals surface area contributed by atoms with E-state index in [1.165, 1.54) is 0 Å². The maximum atomic E-state index is 12.6. The highest BCUT2D eigenvalue weighted by Gasteiger charge is 2.29. The van der Waals surface area contributed by atoms with Crippen LogP contribution in [-0.2, 0) is 6.54 Å². The normalized spacial score (nSPS) is 17.6. The standard InChI is InChI=1S/C17H18N4O3S/c22-17(21-7-2-1-4-13(21)16-18-6-9-25-16)19-11-12-10-15(24-20-12)14-5-3-8-23-14/h3,5-6,8-10,13H,1-2,4,7,11H2,(H,19,22). The van der Waals surface area contributed by atoms with Crippen molar-refractivity contribution in [2.45, 2.75) is 31.8 Å². The van der Waals surface area contributed by atoms with Crippen LogP contribution < -0.4 is 5.32 Å². The van der Waals surface area contributed by atoms with Gasteiger partial charge in [0.05, 0.1) is 18.8 Å². The van der Waals surface area contributed by atoms with Gasteiger partial charge in [-0.1, -0.05) is 5.16 Å². The predicted molar refractivity (Wildman–Crippen MR) is 91.9 cm³/mol. The summed E-state index contributed by atoms with van der Waals surface area (Å²) in [6, 6.07) is 5.32. The van der Waals surface area contributed by atoms with Gasteiger partial charge in [-0.3, -0.25) is 0 Å². The molecule has 1 fully saturated rings. The van der Waals surface area contributed by atoms with Crippen LogP contribution in [0.3, 0.4) is 0 Å². The summed E-state index contributed by atoms with van der Waals surface area (Å²) < 4.78 is 10.5. The van der Waals surface area contributed by atoms with Gasteiger partial charge in [-0.05, 0) is 31.4 Å². The molecule has 3 aromatic heterocycles. The highest BCUT2D eigenvalue weighted by molar-refractivity contribution is 7.09. The first-order chi connectivity index (χ1) is 12.3. The maximum absolute atomic E-state index is 12.6. The summed E-state index contributed by atoms with van der Waals surface area (Å²) in [4.78, 5) is 18.9. The molecule has 4 rings (SSSR count). The first kappa shape index (κ1) is 15.9. The van der Waals surface area contributed by atoms with Crippen LogP contribution in [-0.4, -0.2) is 27.6 Å². The minimum Gasteiger partial charge on any atom is -0.461 e. The number of carbonyl (C=O) groups is 1. The van der Waals surface area contributed by atoms with Crippen molar-refractivity contribution in [3.63, 3.8) is 0 Å². The van der Waals surface area contributed by atoms with Crippen LogP contribution in [0.2, 0.25) is 0 Å². The monoisotopic (exact) mass is 358 g/mol. The molecule has 8 heteroatoms. The minimum atomic E-state index is -0.0950. The van der Waals surface area contributed by atoms with Gasteiger partial charge in [0, 0.05) is 24.2 Å². The number of carbonyl (C=O) groups excluding carboxylic acids is 1. The molecular weight excluding hydrogens is 340 g/mol. The quantitative estimate of drug-likeness (QED) is 0.766. The van der Waals surface area contributed by atoms with Crippen molar-refractivity contribution in [2.24, 2.45) is 0 Å². The van der Waals surface area contributed by atoms with E-state index in [1.807, 2.05) is 10.3 Å². The number of rotatable bonds is 4. The minimum absolute atomic E-state index is 0.0599. The van der Waals surface area contributed by atoms with E-state index in [1.54, 1.807) is 42.0 Å². The Kier molecular flexibility index (Phi) is 4.51. The Hall–Kier alpha value is -2.61. The summed E-state index contributed by atoms with van der Waals surface area (Å²) >= 11 is 1.60. The lowest BCUT2D eigenvalue weighted by molar-refractivity contribution is 0.151. The fraction of sp³-hybridized carbons (Fsp3) is 0.353. The summed E-state index contributed by atoms with van der Waals surface area (Å²) in [7, 11) is 0. The second-order valence-electron chi connectivity index (χ2n) is 5.89. The third-order valence-corrected chi connectivity index (χ3v) is 5.12. The van der Waals surface area contributed by atoms with Crippen molar-refractivity contribution in [1.29, 1.82) is 0 Å². The number of hydrogen-bond donors (Lipinski definition) is 1. The van der Waals surface area contributed by atoms with Crippen LogP contribution in [0.4, 0.5) is 4.79 Å². The van der Waals surface area contributed by atoms with Gasteiger partial charge in [0.1, 0.15) is 10.7 Å². The SMILES string of the molecule is O=C(NCc1cc(-c2ccco2)on1)N1CCCCC1c1nccs1. The predicted octanol–water partition coefficient (Wildman–Crippen LogP) is 3.83. The Balaban J connectivity index is 1.39. The summed E-state index contributed by atoms with van der Waals surface area (Å²) in [6.07, 6.45) is 6.45. The van der Waals surface area contributed by atoms with E-state index >= 15 is 0 Å². The number of urea groups is 1. The molecule has 1 aliphatic heterocycles. The lowest BCUT2D eigenvalue weighted by atomic mass is 10.0. The lowest BCUT2D eigenvalue weighted by Gasteiger charge is -2.34. The number of aromatic nitrogens is 2. The molecule has 0 spiro atoms. The zero-order chi connectivity index (χ0) is 17.1. The Morgan fingerprint density at radius 2 is 2.36 bits per heavy atom. The molecule has 1 aliphatic rings. The number of amides is 2. The Labute approximate surface area is 148 Å². The molecule has 1 saturated heterocycles. The molecular formula is C17H18N4O3S. The topological polar surface area (TPSA) is 84.4 Å². The summed E-state index contributed by atoms with van der Waals surface area (Å²) in [5, 5.41) is 9.86. The number of furan rings is 1. The van der Waals surface area contributed by atoms with E-state index < -0.39 is 0 Å². The maximum Gasteiger partial charge on any atom is 0.318 e. The fourth-order valence-corrected chi connectivity index (χ4v) is 3.81. The second-order valence-corrected chi connectivity index (χ2v) is 6.82. The number of nitrogens with zero attached hydrogens (tertiary/aromatic N) is 3. The second kappa shape index (κ2) is 7.10. The summed E-state index contributed by atoms with van der Waals surface area (Å²) in [5.41, 5.74) is 0.655. The van der Waals surface area contributed by atoms with E-state index in [-0.39, 0.29) is 12.1 Å². The van der Waals surface area contributed by atoms with E-state index in [0.29, 0.717) is 23.8 Å². The molecule has 4 heterocycles. The molecule has 2 amide bonds. The van der Waals surface area contributed by atoms with Crippen LogP contribution >= 0.6 is 11.3 Å². The molecule has 0 aliphatic carbocycles. The summed E-state index contributed by atoms with van der Waals surface area (Å²) in [6.45, 7) is 1.05. The highest BCUT2D eigenvalue weighted by Crippen LogP contribution is 2.32. The van der Waals surface area contributed by atoms with Crippen LogP contribution in [0.25, 0.3) is 11.5 Å². The van der Waals surface area contributed by atoms with Crippen molar-refractivity contribution < 1.29 is 13.7 Å². The average Bonchev–Trinajstić information content (AvgIpc) is 3.41. The van der Waals surface area contributed by atoms with Gasteiger partial charge in [-0.2, -0.15) is 0 Å². The number of thiazole rings is 1. The number of likely N-dealkylation sites (tertiary alicyclic amines) is 1. The van der Waals surface area contributed by atoms with Crippen LogP contribution in [0, 0.1) is 0 Å². The number of piperidine rings is 1. The molecule has 130 valence electrons. The van der Waals surface area contributed by atoms with Crippen molar-refractivity contribution >= 4 is 17.4 Å². The zero-order valence-corrected chi connectivity index (χ0v) is 14.4. The molecule has 0 bridgehead atoms. The Bertz CT molecular complexity index is 813. The van der Waals surface area contributed by atoms with Crippen molar-refractivity contribution in [3.8, 4) is 11.5 Å². The Morgan fingerprint density at radius 3 is 3.16 bits per heavy atom. The third kappa shape index (κ3) is 3.43. The lowest BCUT2D eigenvalue weighted by Crippen LogP contribution is -2.44. The van der Waals surface area contributed by atoms with Gasteiger partial charge >= 0.3 is 6.03 Å². The molecule has 0 radical (unpaired) electrons. The summed E-state index contributed by atoms with van der Waals surface area (Å²) in [5.74, 6) is 1.16. The van der Waals surface area contributed by atoms with Gasteiger partial charge in [0.2, 0.25) is 5.76 Å². The van der Waals surface area contributed by atoms with Gasteiger partial charge < -0.3 is 19.2 Å². The van der Waals surface area contributed by atoms with Gasteiger partial charge in [-0.15, -0.1) is 11.3 Å². The van der Waals surface area contributed by atoms with Crippen LogP contribution in [0.1, 0.15) is 36.0 Å². The first-order valence-electron chi connectivity index (χ1n) is 8.24. The Morgan fingerprint density at radius 1 is 1.40 bits per heavy atom. The average molecular weight is 358 g/mol. The zero-order valence-electron chi connectivity index (χ0n) is 13.6. The molecule has 0 aromatic carbocycles. The first-order valence-corrected chi connectivity index (χ1v) is 9.12. The molecule has 1 N–H and O–H groups in total. The molecule has 1 atom stereocenters. The highest BCUT2D eigenvalue weighted by atomic mass is 32.1. The van der Waals surface area contributed by atoms with Crippen molar-refractivity contribution in [2.75, 3.05) is 6.54 Å². The largest absolute Gasteiger partial charge is 0.461 e. The van der Waals surface area contributed by atoms with E-state index in [4.69, 9.17) is 8.94 Å². The smallest absolute Gasteiger partial charge is 0.318 e. The van der Waals surface area contributed by atoms with E-state index in [2.05, 4.69) is 15.5 Å². The molecule has 1 unspecified atom stereocenters. The van der Waals surface area contributed by atoms with Gasteiger partial charge in [0.25, 0.3) is 0 Å². The number of nitrogens with one attached hydrogen (secondary N) is 1. The van der Waals surface area contributed by atoms with Crippen LogP contribution in [0.15, 0.2) is 45.0 Å². The van der Waals surface area contributed by atoms with Gasteiger partial charge in [-0.25, -0.2) is 9.78 Å². The molecule has 0 saturated carbocycles. The van der Waals surface area contributed by atoms with Crippen molar-refractivity contribution in [1.82, 2.24) is 20.4 Å². The fourth-order valence-electron chi connectivity index (χ4n) is 3.03. The van der Waals surface area contributed by atoms with E-state index in [0.717, 1.165) is 30.8 Å². The third-order valence-electron chi connectivity index (χ3n) is 4.24. The molecule has 3 aromatic rings. The van der Waals surface area contributed by atoms with Crippen LogP contribution in [0.5, 0.6) is 0 Å². The molecule has 25 heavy (non-hydrogen) atoms. The molecule has 7 nitrogen and oxygen atoms in total. The van der Waals surface area contributed by atoms with Gasteiger partial charge in [0.15, 0.2) is 5.76 Å².